The van der Waals surface area contributed by atoms with Gasteiger partial charge in [-0.25, -0.2) is 0 Å². The summed E-state index contributed by atoms with van der Waals surface area (Å²) in [4.78, 5) is 10.9. The van der Waals surface area contributed by atoms with Gasteiger partial charge in [-0.15, -0.1) is 11.3 Å². The number of carbonyl (C=O) groups is 1. The number of rotatable bonds is 2. The second kappa shape index (κ2) is 3.03. The summed E-state index contributed by atoms with van der Waals surface area (Å²) in [5, 5.41) is 10.7. The van der Waals surface area contributed by atoms with Crippen molar-refractivity contribution in [1.82, 2.24) is 0 Å². The summed E-state index contributed by atoms with van der Waals surface area (Å²) in [6.07, 6.45) is 0.0243. The van der Waals surface area contributed by atoms with Crippen molar-refractivity contribution >= 4 is 28.9 Å². The predicted molar refractivity (Wildman–Crippen MR) is 40.7 cm³/mol. The molecule has 10 heavy (non-hydrogen) atoms. The van der Waals surface area contributed by atoms with Crippen LogP contribution in [-0.2, 0) is 11.2 Å². The van der Waals surface area contributed by atoms with Gasteiger partial charge >= 0.3 is 5.97 Å². The summed E-state index contributed by atoms with van der Waals surface area (Å²) < 4.78 is 0. The highest BCUT2D eigenvalue weighted by molar-refractivity contribution is 7.10. The Balaban J connectivity index is 2.74. The molecule has 1 N–H and O–H groups in total. The zero-order valence-electron chi connectivity index (χ0n) is 5.00. The Bertz CT molecular complexity index is 244. The largest absolute Gasteiger partial charge is 0.481 e. The van der Waals surface area contributed by atoms with Gasteiger partial charge in [0.05, 0.1) is 11.4 Å². The molecule has 0 amide bonds. The van der Waals surface area contributed by atoms with E-state index in [1.165, 1.54) is 11.3 Å². The van der Waals surface area contributed by atoms with E-state index in [0.717, 1.165) is 0 Å². The number of thiophene rings is 1. The van der Waals surface area contributed by atoms with E-state index in [0.29, 0.717) is 9.90 Å². The van der Waals surface area contributed by atoms with Crippen molar-refractivity contribution in [2.45, 2.75) is 6.42 Å². The van der Waals surface area contributed by atoms with Crippen LogP contribution in [0.2, 0.25) is 5.02 Å². The summed E-state index contributed by atoms with van der Waals surface area (Å²) in [5.74, 6) is -0.843. The summed E-state index contributed by atoms with van der Waals surface area (Å²) >= 11 is 7.00. The first-order valence-electron chi connectivity index (χ1n) is 2.64. The molecular weight excluding hydrogens is 172 g/mol. The maximum atomic E-state index is 10.2. The molecule has 0 aliphatic carbocycles. The van der Waals surface area contributed by atoms with Crippen LogP contribution >= 0.6 is 22.9 Å². The third-order valence-corrected chi connectivity index (χ3v) is 2.39. The lowest BCUT2D eigenvalue weighted by Crippen LogP contribution is -1.97. The van der Waals surface area contributed by atoms with Crippen LogP contribution < -0.4 is 0 Å². The van der Waals surface area contributed by atoms with E-state index in [9.17, 15) is 4.79 Å². The van der Waals surface area contributed by atoms with E-state index in [2.05, 4.69) is 0 Å². The molecule has 4 heteroatoms. The van der Waals surface area contributed by atoms with E-state index in [1.807, 2.05) is 0 Å². The summed E-state index contributed by atoms with van der Waals surface area (Å²) in [7, 11) is 0. The monoisotopic (exact) mass is 176 g/mol. The van der Waals surface area contributed by atoms with E-state index in [4.69, 9.17) is 16.7 Å². The molecule has 1 heterocycles. The molecule has 1 aromatic heterocycles. The van der Waals surface area contributed by atoms with Gasteiger partial charge in [0.25, 0.3) is 0 Å². The van der Waals surface area contributed by atoms with Crippen LogP contribution in [0.4, 0.5) is 0 Å². The van der Waals surface area contributed by atoms with Crippen LogP contribution in [-0.4, -0.2) is 11.1 Å². The van der Waals surface area contributed by atoms with Gasteiger partial charge in [-0.05, 0) is 11.4 Å². The Kier molecular flexibility index (Phi) is 2.29. The van der Waals surface area contributed by atoms with Crippen molar-refractivity contribution < 1.29 is 9.90 Å². The van der Waals surface area contributed by atoms with Crippen molar-refractivity contribution in [3.05, 3.63) is 21.3 Å². The van der Waals surface area contributed by atoms with Crippen LogP contribution in [0.25, 0.3) is 0 Å². The molecule has 2 nitrogen and oxygen atoms in total. The first-order chi connectivity index (χ1) is 4.70. The van der Waals surface area contributed by atoms with Crippen LogP contribution in [0.15, 0.2) is 11.4 Å². The maximum Gasteiger partial charge on any atom is 0.308 e. The third-order valence-electron chi connectivity index (χ3n) is 1.00. The summed E-state index contributed by atoms with van der Waals surface area (Å²) in [5.41, 5.74) is 0. The molecule has 0 atom stereocenters. The normalized spacial score (nSPS) is 9.70. The van der Waals surface area contributed by atoms with E-state index in [-0.39, 0.29) is 6.42 Å². The lowest BCUT2D eigenvalue weighted by atomic mass is 10.3. The highest BCUT2D eigenvalue weighted by Crippen LogP contribution is 2.21. The Hall–Kier alpha value is -0.540. The lowest BCUT2D eigenvalue weighted by molar-refractivity contribution is -0.136. The minimum atomic E-state index is -0.843. The van der Waals surface area contributed by atoms with Gasteiger partial charge in [0, 0.05) is 4.88 Å². The molecule has 0 spiro atoms. The van der Waals surface area contributed by atoms with Crippen LogP contribution in [0, 0.1) is 0 Å². The SMILES string of the molecule is O=C(O)Cc1sccc1Cl. The standard InChI is InChI=1S/C6H5ClO2S/c7-4-1-2-10-5(4)3-6(8)9/h1-2H,3H2,(H,8,9). The van der Waals surface area contributed by atoms with E-state index >= 15 is 0 Å². The molecule has 0 saturated heterocycles. The van der Waals surface area contributed by atoms with Gasteiger partial charge in [0.1, 0.15) is 0 Å². The van der Waals surface area contributed by atoms with Crippen LogP contribution in [0.3, 0.4) is 0 Å². The molecular formula is C6H5ClO2S. The smallest absolute Gasteiger partial charge is 0.308 e. The fourth-order valence-corrected chi connectivity index (χ4v) is 1.68. The highest BCUT2D eigenvalue weighted by atomic mass is 35.5. The molecule has 54 valence electrons. The number of hydrogen-bond donors (Lipinski definition) is 1. The molecule has 0 fully saturated rings. The maximum absolute atomic E-state index is 10.2. The van der Waals surface area contributed by atoms with Crippen molar-refractivity contribution in [3.8, 4) is 0 Å². The number of hydrogen-bond acceptors (Lipinski definition) is 2. The van der Waals surface area contributed by atoms with Gasteiger partial charge in [-0.1, -0.05) is 11.6 Å². The van der Waals surface area contributed by atoms with Gasteiger partial charge in [-0.2, -0.15) is 0 Å². The lowest BCUT2D eigenvalue weighted by Gasteiger charge is -1.89. The van der Waals surface area contributed by atoms with E-state index in [1.54, 1.807) is 11.4 Å². The summed E-state index contributed by atoms with van der Waals surface area (Å²) in [6, 6.07) is 1.70. The molecule has 0 bridgehead atoms. The van der Waals surface area contributed by atoms with Crippen molar-refractivity contribution in [3.63, 3.8) is 0 Å². The average molecular weight is 177 g/mol. The van der Waals surface area contributed by atoms with Crippen LogP contribution in [0.1, 0.15) is 4.88 Å². The summed E-state index contributed by atoms with van der Waals surface area (Å²) in [6.45, 7) is 0. The second-order valence-corrected chi connectivity index (χ2v) is 3.17. The molecule has 1 aromatic rings. The van der Waals surface area contributed by atoms with Gasteiger partial charge in [-0.3, -0.25) is 4.79 Å². The highest BCUT2D eigenvalue weighted by Gasteiger charge is 2.05. The predicted octanol–water partition coefficient (Wildman–Crippen LogP) is 2.03. The Labute approximate surface area is 67.1 Å². The minimum absolute atomic E-state index is 0.0243. The number of carboxylic acid groups (broad SMARTS) is 1. The first kappa shape index (κ1) is 7.57. The molecule has 0 aromatic carbocycles. The number of aliphatic carboxylic acids is 1. The van der Waals surface area contributed by atoms with Gasteiger partial charge in [0.15, 0.2) is 0 Å². The zero-order valence-corrected chi connectivity index (χ0v) is 6.58. The Morgan fingerprint density at radius 2 is 2.50 bits per heavy atom. The molecule has 0 saturated carbocycles. The average Bonchev–Trinajstić information content (AvgIpc) is 2.15. The molecule has 0 unspecified atom stereocenters. The van der Waals surface area contributed by atoms with Crippen molar-refractivity contribution in [2.75, 3.05) is 0 Å². The zero-order chi connectivity index (χ0) is 7.56. The fourth-order valence-electron chi connectivity index (χ4n) is 0.589. The Morgan fingerprint density at radius 3 is 2.90 bits per heavy atom. The topological polar surface area (TPSA) is 37.3 Å². The van der Waals surface area contributed by atoms with Gasteiger partial charge in [0.2, 0.25) is 0 Å². The molecule has 1 rings (SSSR count). The first-order valence-corrected chi connectivity index (χ1v) is 3.89. The van der Waals surface area contributed by atoms with Crippen LogP contribution in [0.5, 0.6) is 0 Å². The molecule has 0 aliphatic rings. The van der Waals surface area contributed by atoms with Crippen molar-refractivity contribution in [2.24, 2.45) is 0 Å². The number of carboxylic acids is 1. The minimum Gasteiger partial charge on any atom is -0.481 e. The van der Waals surface area contributed by atoms with Crippen molar-refractivity contribution in [1.29, 1.82) is 0 Å². The second-order valence-electron chi connectivity index (χ2n) is 1.76. The fraction of sp³-hybridized carbons (Fsp3) is 0.167. The Morgan fingerprint density at radius 1 is 1.80 bits per heavy atom. The van der Waals surface area contributed by atoms with Gasteiger partial charge < -0.3 is 5.11 Å². The third kappa shape index (κ3) is 1.72. The number of halogens is 1. The molecule has 0 radical (unpaired) electrons. The quantitative estimate of drug-likeness (QED) is 0.749. The van der Waals surface area contributed by atoms with E-state index < -0.39 is 5.97 Å². The molecule has 0 aliphatic heterocycles.